The number of aryl methyl sites for hydroxylation is 1. The number of rotatable bonds is 1. The molecule has 0 amide bonds. The number of nitrogens with one attached hydrogen (secondary N) is 1. The summed E-state index contributed by atoms with van der Waals surface area (Å²) in [6.45, 7) is 3.82. The van der Waals surface area contributed by atoms with Gasteiger partial charge in [0.25, 0.3) is 0 Å². The second kappa shape index (κ2) is 4.94. The van der Waals surface area contributed by atoms with E-state index in [1.807, 2.05) is 11.8 Å². The van der Waals surface area contributed by atoms with Crippen molar-refractivity contribution < 1.29 is 4.74 Å². The molecule has 0 bridgehead atoms. The zero-order chi connectivity index (χ0) is 12.4. The van der Waals surface area contributed by atoms with Gasteiger partial charge in [-0.25, -0.2) is 0 Å². The first-order valence-corrected chi connectivity index (χ1v) is 7.39. The van der Waals surface area contributed by atoms with Crippen molar-refractivity contribution in [2.24, 2.45) is 4.99 Å². The van der Waals surface area contributed by atoms with E-state index in [1.165, 1.54) is 5.56 Å². The number of nitrogens with zero attached hydrogens (tertiary/aromatic N) is 1. The van der Waals surface area contributed by atoms with Crippen molar-refractivity contribution in [1.82, 2.24) is 0 Å². The van der Waals surface area contributed by atoms with Gasteiger partial charge in [-0.2, -0.15) is 0 Å². The highest BCUT2D eigenvalue weighted by molar-refractivity contribution is 8.14. The molecule has 18 heavy (non-hydrogen) atoms. The van der Waals surface area contributed by atoms with Crippen LogP contribution in [0, 0.1) is 6.92 Å². The summed E-state index contributed by atoms with van der Waals surface area (Å²) in [5.41, 5.74) is 2.55. The van der Waals surface area contributed by atoms with E-state index in [2.05, 4.69) is 36.5 Å². The van der Waals surface area contributed by atoms with E-state index in [4.69, 9.17) is 9.73 Å². The monoisotopic (exact) mass is 262 g/mol. The second-order valence-corrected chi connectivity index (χ2v) is 5.95. The first-order chi connectivity index (χ1) is 8.77. The van der Waals surface area contributed by atoms with Crippen LogP contribution >= 0.6 is 11.8 Å². The maximum Gasteiger partial charge on any atom is 0.161 e. The quantitative estimate of drug-likeness (QED) is 0.844. The van der Waals surface area contributed by atoms with Crippen LogP contribution in [0.15, 0.2) is 29.3 Å². The van der Waals surface area contributed by atoms with Gasteiger partial charge in [0.15, 0.2) is 5.17 Å². The van der Waals surface area contributed by atoms with Crippen molar-refractivity contribution in [2.75, 3.05) is 24.3 Å². The molecule has 1 fully saturated rings. The minimum Gasteiger partial charge on any atom is -0.381 e. The van der Waals surface area contributed by atoms with E-state index < -0.39 is 0 Å². The van der Waals surface area contributed by atoms with Gasteiger partial charge in [0.05, 0.1) is 5.54 Å². The van der Waals surface area contributed by atoms with E-state index in [0.717, 1.165) is 42.7 Å². The average Bonchev–Trinajstić information content (AvgIpc) is 2.76. The van der Waals surface area contributed by atoms with Crippen LogP contribution in [0.5, 0.6) is 0 Å². The van der Waals surface area contributed by atoms with Crippen molar-refractivity contribution in [3.05, 3.63) is 29.8 Å². The van der Waals surface area contributed by atoms with E-state index in [9.17, 15) is 0 Å². The van der Waals surface area contributed by atoms with Gasteiger partial charge in [-0.05, 0) is 31.4 Å². The molecule has 3 rings (SSSR count). The summed E-state index contributed by atoms with van der Waals surface area (Å²) in [6, 6.07) is 8.34. The highest BCUT2D eigenvalue weighted by Crippen LogP contribution is 2.36. The maximum absolute atomic E-state index is 5.43. The van der Waals surface area contributed by atoms with Crippen molar-refractivity contribution >= 4 is 22.6 Å². The molecule has 2 aliphatic heterocycles. The molecule has 1 spiro atoms. The van der Waals surface area contributed by atoms with E-state index in [-0.39, 0.29) is 5.54 Å². The molecule has 0 aliphatic carbocycles. The fourth-order valence-corrected chi connectivity index (χ4v) is 3.58. The lowest BCUT2D eigenvalue weighted by molar-refractivity contribution is 0.0624. The molecule has 0 unspecified atom stereocenters. The molecule has 4 heteroatoms. The number of para-hydroxylation sites is 1. The fraction of sp³-hybridized carbons (Fsp3) is 0.500. The van der Waals surface area contributed by atoms with Crippen molar-refractivity contribution in [3.63, 3.8) is 0 Å². The molecule has 1 saturated heterocycles. The van der Waals surface area contributed by atoms with Gasteiger partial charge in [0, 0.05) is 24.7 Å². The van der Waals surface area contributed by atoms with Crippen LogP contribution in [-0.2, 0) is 4.74 Å². The normalized spacial score (nSPS) is 21.9. The number of thioether (sulfide) groups is 1. The minimum atomic E-state index is 0.133. The number of ether oxygens (including phenoxy) is 1. The highest BCUT2D eigenvalue weighted by Gasteiger charge is 2.37. The van der Waals surface area contributed by atoms with Crippen molar-refractivity contribution in [3.8, 4) is 0 Å². The summed E-state index contributed by atoms with van der Waals surface area (Å²) in [6.07, 6.45) is 2.11. The van der Waals surface area contributed by atoms with E-state index in [0.29, 0.717) is 0 Å². The second-order valence-electron chi connectivity index (χ2n) is 4.98. The molecule has 2 heterocycles. The molecule has 0 saturated carbocycles. The summed E-state index contributed by atoms with van der Waals surface area (Å²) in [5.74, 6) is 1.09. The van der Waals surface area contributed by atoms with Crippen molar-refractivity contribution in [2.45, 2.75) is 25.3 Å². The number of anilines is 1. The molecular weight excluding hydrogens is 244 g/mol. The number of hydrogen-bond acceptors (Lipinski definition) is 4. The average molecular weight is 262 g/mol. The van der Waals surface area contributed by atoms with Gasteiger partial charge in [0.1, 0.15) is 0 Å². The summed E-state index contributed by atoms with van der Waals surface area (Å²) in [4.78, 5) is 4.90. The minimum absolute atomic E-state index is 0.133. The van der Waals surface area contributed by atoms with Crippen LogP contribution in [0.1, 0.15) is 18.4 Å². The first-order valence-electron chi connectivity index (χ1n) is 6.41. The van der Waals surface area contributed by atoms with Gasteiger partial charge in [-0.3, -0.25) is 4.99 Å². The Morgan fingerprint density at radius 1 is 1.28 bits per heavy atom. The van der Waals surface area contributed by atoms with Crippen LogP contribution in [0.2, 0.25) is 0 Å². The van der Waals surface area contributed by atoms with Gasteiger partial charge >= 0.3 is 0 Å². The molecule has 1 aromatic rings. The molecule has 2 aliphatic rings. The zero-order valence-corrected chi connectivity index (χ0v) is 11.4. The standard InChI is InChI=1S/C14H18N2OS/c1-11-4-2-3-5-12(11)15-13-16-14(10-18-13)6-8-17-9-7-14/h2-5H,6-10H2,1H3,(H,15,16). The summed E-state index contributed by atoms with van der Waals surface area (Å²) in [5, 5.41) is 4.51. The lowest BCUT2D eigenvalue weighted by Gasteiger charge is -2.29. The molecule has 1 N–H and O–H groups in total. The predicted octanol–water partition coefficient (Wildman–Crippen LogP) is 3.06. The topological polar surface area (TPSA) is 33.6 Å². The summed E-state index contributed by atoms with van der Waals surface area (Å²) >= 11 is 1.83. The Bertz CT molecular complexity index is 467. The van der Waals surface area contributed by atoms with E-state index in [1.54, 1.807) is 0 Å². The van der Waals surface area contributed by atoms with Crippen LogP contribution in [0.4, 0.5) is 5.69 Å². The van der Waals surface area contributed by atoms with Crippen LogP contribution in [-0.4, -0.2) is 29.7 Å². The van der Waals surface area contributed by atoms with Crippen LogP contribution in [0.3, 0.4) is 0 Å². The molecule has 0 aromatic heterocycles. The third-order valence-electron chi connectivity index (χ3n) is 3.63. The Balaban J connectivity index is 1.74. The van der Waals surface area contributed by atoms with Gasteiger partial charge < -0.3 is 10.1 Å². The Morgan fingerprint density at radius 3 is 2.83 bits per heavy atom. The number of benzene rings is 1. The maximum atomic E-state index is 5.43. The molecule has 3 nitrogen and oxygen atoms in total. The van der Waals surface area contributed by atoms with Gasteiger partial charge in [0.2, 0.25) is 0 Å². The third kappa shape index (κ3) is 2.40. The number of hydrogen-bond donors (Lipinski definition) is 1. The largest absolute Gasteiger partial charge is 0.381 e. The predicted molar refractivity (Wildman–Crippen MR) is 77.5 cm³/mol. The van der Waals surface area contributed by atoms with Crippen LogP contribution < -0.4 is 5.32 Å². The Morgan fingerprint density at radius 2 is 2.06 bits per heavy atom. The molecular formula is C14H18N2OS. The summed E-state index contributed by atoms with van der Waals surface area (Å²) < 4.78 is 5.43. The number of amidine groups is 1. The van der Waals surface area contributed by atoms with Gasteiger partial charge in [-0.15, -0.1) is 0 Å². The van der Waals surface area contributed by atoms with Crippen LogP contribution in [0.25, 0.3) is 0 Å². The molecule has 0 radical (unpaired) electrons. The summed E-state index contributed by atoms with van der Waals surface area (Å²) in [7, 11) is 0. The Labute approximate surface area is 112 Å². The molecule has 96 valence electrons. The zero-order valence-electron chi connectivity index (χ0n) is 10.6. The Hall–Kier alpha value is -1.000. The highest BCUT2D eigenvalue weighted by atomic mass is 32.2. The van der Waals surface area contributed by atoms with Crippen molar-refractivity contribution in [1.29, 1.82) is 0 Å². The lowest BCUT2D eigenvalue weighted by Crippen LogP contribution is -2.34. The molecule has 1 aromatic carbocycles. The fourth-order valence-electron chi connectivity index (χ4n) is 2.38. The number of aliphatic imine (C=N–C) groups is 1. The third-order valence-corrected chi connectivity index (χ3v) is 4.77. The smallest absolute Gasteiger partial charge is 0.161 e. The molecule has 0 atom stereocenters. The van der Waals surface area contributed by atoms with Gasteiger partial charge in [-0.1, -0.05) is 30.0 Å². The lowest BCUT2D eigenvalue weighted by atomic mass is 9.93. The Kier molecular flexibility index (Phi) is 3.31. The SMILES string of the molecule is Cc1ccccc1NC1=NC2(CCOCC2)CS1. The first kappa shape index (κ1) is 12.1. The van der Waals surface area contributed by atoms with E-state index >= 15 is 0 Å².